The van der Waals surface area contributed by atoms with E-state index in [1.54, 1.807) is 11.1 Å². The second kappa shape index (κ2) is 7.74. The third-order valence-corrected chi connectivity index (χ3v) is 4.67. The Morgan fingerprint density at radius 1 is 1.28 bits per heavy atom. The fourth-order valence-electron chi connectivity index (χ4n) is 3.58. The zero-order chi connectivity index (χ0) is 17.8. The monoisotopic (exact) mass is 338 g/mol. The van der Waals surface area contributed by atoms with Crippen LogP contribution in [0, 0.1) is 13.8 Å². The number of rotatable bonds is 5. The smallest absolute Gasteiger partial charge is 0.244 e. The zero-order valence-corrected chi connectivity index (χ0v) is 15.3. The number of likely N-dealkylation sites (N-methyl/N-ethyl adjacent to an activating group) is 1. The molecule has 1 atom stereocenters. The number of likely N-dealkylation sites (tertiary alicyclic amines) is 1. The van der Waals surface area contributed by atoms with Crippen LogP contribution in [0.25, 0.3) is 0 Å². The Morgan fingerprint density at radius 3 is 2.68 bits per heavy atom. The molecule has 0 spiro atoms. The highest BCUT2D eigenvalue weighted by atomic mass is 16.2. The first-order chi connectivity index (χ1) is 12.0. The number of pyridine rings is 2. The SMILES string of the molecule is Cc1cc(C)nc(CN(C)C(=O)[C@H](c2cccnc2)N2CCCC2)c1. The van der Waals surface area contributed by atoms with Gasteiger partial charge in [-0.1, -0.05) is 6.07 Å². The molecule has 3 rings (SSSR count). The molecule has 1 fully saturated rings. The largest absolute Gasteiger partial charge is 0.338 e. The topological polar surface area (TPSA) is 49.3 Å². The second-order valence-electron chi connectivity index (χ2n) is 6.90. The van der Waals surface area contributed by atoms with Crippen molar-refractivity contribution in [2.45, 2.75) is 39.3 Å². The van der Waals surface area contributed by atoms with Gasteiger partial charge in [-0.15, -0.1) is 0 Å². The first-order valence-electron chi connectivity index (χ1n) is 8.88. The average molecular weight is 338 g/mol. The van der Waals surface area contributed by atoms with Crippen LogP contribution < -0.4 is 0 Å². The number of hydrogen-bond acceptors (Lipinski definition) is 4. The fourth-order valence-corrected chi connectivity index (χ4v) is 3.58. The highest BCUT2D eigenvalue weighted by molar-refractivity contribution is 5.83. The Hall–Kier alpha value is -2.27. The van der Waals surface area contributed by atoms with E-state index in [9.17, 15) is 4.79 Å². The Kier molecular flexibility index (Phi) is 5.43. The number of carbonyl (C=O) groups is 1. The van der Waals surface area contributed by atoms with Crippen molar-refractivity contribution in [3.63, 3.8) is 0 Å². The Labute approximate surface area is 149 Å². The molecule has 0 aliphatic carbocycles. The first-order valence-corrected chi connectivity index (χ1v) is 8.88. The fraction of sp³-hybridized carbons (Fsp3) is 0.450. The van der Waals surface area contributed by atoms with E-state index >= 15 is 0 Å². The minimum Gasteiger partial charge on any atom is -0.338 e. The highest BCUT2D eigenvalue weighted by Crippen LogP contribution is 2.26. The summed E-state index contributed by atoms with van der Waals surface area (Å²) in [5.41, 5.74) is 4.06. The number of aryl methyl sites for hydroxylation is 2. The van der Waals surface area contributed by atoms with Crippen LogP contribution in [0.5, 0.6) is 0 Å². The molecule has 0 bridgehead atoms. The van der Waals surface area contributed by atoms with Crippen LogP contribution in [0.2, 0.25) is 0 Å². The van der Waals surface area contributed by atoms with Gasteiger partial charge in [-0.25, -0.2) is 0 Å². The molecule has 0 N–H and O–H groups in total. The number of aromatic nitrogens is 2. The molecule has 25 heavy (non-hydrogen) atoms. The van der Waals surface area contributed by atoms with E-state index in [-0.39, 0.29) is 11.9 Å². The average Bonchev–Trinajstić information content (AvgIpc) is 3.09. The van der Waals surface area contributed by atoms with Crippen molar-refractivity contribution in [2.24, 2.45) is 0 Å². The second-order valence-corrected chi connectivity index (χ2v) is 6.90. The molecule has 1 aliphatic rings. The Bertz CT molecular complexity index is 705. The Morgan fingerprint density at radius 2 is 2.04 bits per heavy atom. The first kappa shape index (κ1) is 17.5. The quantitative estimate of drug-likeness (QED) is 0.841. The zero-order valence-electron chi connectivity index (χ0n) is 15.3. The maximum absolute atomic E-state index is 13.2. The van der Waals surface area contributed by atoms with Gasteiger partial charge in [0.2, 0.25) is 5.91 Å². The van der Waals surface area contributed by atoms with Crippen molar-refractivity contribution in [2.75, 3.05) is 20.1 Å². The third kappa shape index (κ3) is 4.23. The van der Waals surface area contributed by atoms with Gasteiger partial charge in [-0.2, -0.15) is 0 Å². The van der Waals surface area contributed by atoms with Crippen molar-refractivity contribution in [1.82, 2.24) is 19.8 Å². The summed E-state index contributed by atoms with van der Waals surface area (Å²) >= 11 is 0. The molecule has 132 valence electrons. The lowest BCUT2D eigenvalue weighted by molar-refractivity contribution is -0.136. The number of carbonyl (C=O) groups excluding carboxylic acids is 1. The number of nitrogens with zero attached hydrogens (tertiary/aromatic N) is 4. The van der Waals surface area contributed by atoms with Gasteiger partial charge in [0.05, 0.1) is 12.2 Å². The van der Waals surface area contributed by atoms with Crippen LogP contribution in [0.3, 0.4) is 0 Å². The van der Waals surface area contributed by atoms with Gasteiger partial charge in [-0.05, 0) is 69.1 Å². The van der Waals surface area contributed by atoms with Gasteiger partial charge in [0.1, 0.15) is 6.04 Å². The highest BCUT2D eigenvalue weighted by Gasteiger charge is 2.32. The van der Waals surface area contributed by atoms with Crippen LogP contribution in [0.4, 0.5) is 0 Å². The standard InChI is InChI=1S/C20H26N4O/c1-15-11-16(2)22-18(12-15)14-23(3)20(25)19(24-9-4-5-10-24)17-7-6-8-21-13-17/h6-8,11-13,19H,4-5,9-10,14H2,1-3H3/t19-/m0/s1. The molecular formula is C20H26N4O. The maximum Gasteiger partial charge on any atom is 0.244 e. The summed E-state index contributed by atoms with van der Waals surface area (Å²) < 4.78 is 0. The van der Waals surface area contributed by atoms with E-state index in [4.69, 9.17) is 0 Å². The molecule has 5 heteroatoms. The van der Waals surface area contributed by atoms with E-state index in [0.717, 1.165) is 42.9 Å². The minimum atomic E-state index is -0.257. The molecule has 0 aromatic carbocycles. The molecule has 3 heterocycles. The summed E-state index contributed by atoms with van der Waals surface area (Å²) in [4.78, 5) is 26.1. The third-order valence-electron chi connectivity index (χ3n) is 4.67. The van der Waals surface area contributed by atoms with Gasteiger partial charge in [0.25, 0.3) is 0 Å². The van der Waals surface area contributed by atoms with Gasteiger partial charge in [-0.3, -0.25) is 19.7 Å². The molecule has 0 saturated carbocycles. The van der Waals surface area contributed by atoms with E-state index in [1.807, 2.05) is 44.4 Å². The van der Waals surface area contributed by atoms with Crippen molar-refractivity contribution in [3.05, 3.63) is 59.2 Å². The summed E-state index contributed by atoms with van der Waals surface area (Å²) in [6, 6.07) is 7.74. The van der Waals surface area contributed by atoms with Crippen LogP contribution in [0.15, 0.2) is 36.7 Å². The molecule has 2 aromatic heterocycles. The maximum atomic E-state index is 13.2. The molecule has 5 nitrogen and oxygen atoms in total. The van der Waals surface area contributed by atoms with Gasteiger partial charge in [0, 0.05) is 25.1 Å². The van der Waals surface area contributed by atoms with Crippen LogP contribution in [-0.2, 0) is 11.3 Å². The lowest BCUT2D eigenvalue weighted by Crippen LogP contribution is -2.40. The van der Waals surface area contributed by atoms with Crippen molar-refractivity contribution >= 4 is 5.91 Å². The lowest BCUT2D eigenvalue weighted by atomic mass is 10.1. The van der Waals surface area contributed by atoms with Crippen LogP contribution in [-0.4, -0.2) is 45.8 Å². The number of hydrogen-bond donors (Lipinski definition) is 0. The van der Waals surface area contributed by atoms with Crippen LogP contribution >= 0.6 is 0 Å². The summed E-state index contributed by atoms with van der Waals surface area (Å²) in [6.07, 6.45) is 5.85. The molecule has 0 radical (unpaired) electrons. The van der Waals surface area contributed by atoms with Gasteiger partial charge >= 0.3 is 0 Å². The lowest BCUT2D eigenvalue weighted by Gasteiger charge is -2.30. The predicted octanol–water partition coefficient (Wildman–Crippen LogP) is 2.89. The van der Waals surface area contributed by atoms with Crippen molar-refractivity contribution in [3.8, 4) is 0 Å². The minimum absolute atomic E-state index is 0.107. The molecule has 2 aromatic rings. The molecule has 1 saturated heterocycles. The van der Waals surface area contributed by atoms with Crippen molar-refractivity contribution in [1.29, 1.82) is 0 Å². The van der Waals surface area contributed by atoms with E-state index in [0.29, 0.717) is 6.54 Å². The van der Waals surface area contributed by atoms with Gasteiger partial charge < -0.3 is 4.90 Å². The van der Waals surface area contributed by atoms with E-state index in [1.165, 1.54) is 5.56 Å². The Balaban J connectivity index is 1.81. The molecule has 1 aliphatic heterocycles. The normalized spacial score (nSPS) is 16.0. The summed E-state index contributed by atoms with van der Waals surface area (Å²) in [6.45, 7) is 6.48. The van der Waals surface area contributed by atoms with E-state index in [2.05, 4.69) is 21.8 Å². The van der Waals surface area contributed by atoms with Crippen molar-refractivity contribution < 1.29 is 4.79 Å². The van der Waals surface area contributed by atoms with E-state index < -0.39 is 0 Å². The van der Waals surface area contributed by atoms with Gasteiger partial charge in [0.15, 0.2) is 0 Å². The molecular weight excluding hydrogens is 312 g/mol. The summed E-state index contributed by atoms with van der Waals surface area (Å²) in [5, 5.41) is 0. The summed E-state index contributed by atoms with van der Waals surface area (Å²) in [7, 11) is 1.86. The predicted molar refractivity (Wildman–Crippen MR) is 98.0 cm³/mol. The number of amides is 1. The molecule has 1 amide bonds. The van der Waals surface area contributed by atoms with Crippen LogP contribution in [0.1, 0.15) is 41.4 Å². The summed E-state index contributed by atoms with van der Waals surface area (Å²) in [5.74, 6) is 0.107. The molecule has 0 unspecified atom stereocenters.